The van der Waals surface area contributed by atoms with E-state index in [2.05, 4.69) is 25.0 Å². The van der Waals surface area contributed by atoms with Crippen LogP contribution >= 0.6 is 0 Å². The molecule has 1 saturated heterocycles. The maximum Gasteiger partial charge on any atom is 0.323 e. The average molecular weight is 473 g/mol. The largest absolute Gasteiger partial charge is 0.369 e. The number of hydrogen-bond donors (Lipinski definition) is 2. The van der Waals surface area contributed by atoms with E-state index >= 15 is 0 Å². The van der Waals surface area contributed by atoms with Crippen molar-refractivity contribution < 1.29 is 9.18 Å². The van der Waals surface area contributed by atoms with Gasteiger partial charge in [-0.3, -0.25) is 4.90 Å². The van der Waals surface area contributed by atoms with E-state index < -0.39 is 0 Å². The molecule has 0 radical (unpaired) electrons. The number of carbonyl (C=O) groups excluding carboxylic acids is 1. The highest BCUT2D eigenvalue weighted by atomic mass is 19.1. The number of anilines is 3. The van der Waals surface area contributed by atoms with Crippen LogP contribution in [-0.2, 0) is 13.5 Å². The van der Waals surface area contributed by atoms with Crippen LogP contribution in [0.2, 0.25) is 0 Å². The van der Waals surface area contributed by atoms with E-state index in [4.69, 9.17) is 4.98 Å². The molecule has 0 spiro atoms. The zero-order valence-corrected chi connectivity index (χ0v) is 19.7. The van der Waals surface area contributed by atoms with Gasteiger partial charge in [0.15, 0.2) is 0 Å². The molecule has 5 rings (SSSR count). The SMILES string of the molecule is Cn1c(CCN2CCN(c3ccc(F)cc3)CC2)nc2cc(NC(=O)Nc3ccccc3)ccc21. The topological polar surface area (TPSA) is 65.4 Å². The number of benzene rings is 3. The van der Waals surface area contributed by atoms with Crippen LogP contribution in [0.25, 0.3) is 11.0 Å². The van der Waals surface area contributed by atoms with Gasteiger partial charge in [0.2, 0.25) is 0 Å². The highest BCUT2D eigenvalue weighted by Crippen LogP contribution is 2.21. The Morgan fingerprint density at radius 3 is 2.37 bits per heavy atom. The Morgan fingerprint density at radius 1 is 0.914 bits per heavy atom. The number of urea groups is 1. The maximum absolute atomic E-state index is 13.2. The molecule has 1 fully saturated rings. The minimum Gasteiger partial charge on any atom is -0.369 e. The van der Waals surface area contributed by atoms with Gasteiger partial charge in [0, 0.05) is 63.3 Å². The Labute approximate surface area is 204 Å². The van der Waals surface area contributed by atoms with Crippen LogP contribution in [0.5, 0.6) is 0 Å². The third-order valence-electron chi connectivity index (χ3n) is 6.48. The van der Waals surface area contributed by atoms with Gasteiger partial charge < -0.3 is 20.1 Å². The third-order valence-corrected chi connectivity index (χ3v) is 6.48. The molecule has 0 unspecified atom stereocenters. The van der Waals surface area contributed by atoms with Crippen LogP contribution in [0.1, 0.15) is 5.82 Å². The maximum atomic E-state index is 13.2. The summed E-state index contributed by atoms with van der Waals surface area (Å²) < 4.78 is 15.3. The number of piperazine rings is 1. The molecule has 35 heavy (non-hydrogen) atoms. The van der Waals surface area contributed by atoms with Crippen LogP contribution in [0, 0.1) is 5.82 Å². The van der Waals surface area contributed by atoms with Gasteiger partial charge in [-0.25, -0.2) is 14.2 Å². The summed E-state index contributed by atoms with van der Waals surface area (Å²) in [6.07, 6.45) is 0.846. The molecule has 2 N–H and O–H groups in total. The molecular weight excluding hydrogens is 443 g/mol. The molecule has 0 saturated carbocycles. The van der Waals surface area contributed by atoms with Crippen LogP contribution in [0.3, 0.4) is 0 Å². The second-order valence-electron chi connectivity index (χ2n) is 8.79. The third kappa shape index (κ3) is 5.44. The van der Waals surface area contributed by atoms with E-state index in [1.807, 2.05) is 67.7 Å². The summed E-state index contributed by atoms with van der Waals surface area (Å²) in [6, 6.07) is 21.6. The first-order chi connectivity index (χ1) is 17.0. The van der Waals surface area contributed by atoms with E-state index in [1.54, 1.807) is 0 Å². The number of imidazole rings is 1. The predicted octanol–water partition coefficient (Wildman–Crippen LogP) is 4.72. The van der Waals surface area contributed by atoms with Gasteiger partial charge in [-0.2, -0.15) is 0 Å². The van der Waals surface area contributed by atoms with E-state index in [0.29, 0.717) is 5.69 Å². The van der Waals surface area contributed by atoms with Gasteiger partial charge in [-0.15, -0.1) is 0 Å². The molecule has 1 aliphatic heterocycles. The zero-order chi connectivity index (χ0) is 24.2. The average Bonchev–Trinajstić information content (AvgIpc) is 3.18. The van der Waals surface area contributed by atoms with Crippen molar-refractivity contribution in [3.05, 3.63) is 84.4 Å². The number of amides is 2. The van der Waals surface area contributed by atoms with Crippen molar-refractivity contribution in [1.29, 1.82) is 0 Å². The van der Waals surface area contributed by atoms with E-state index in [0.717, 1.165) is 67.4 Å². The molecule has 1 aliphatic rings. The van der Waals surface area contributed by atoms with Crippen LogP contribution < -0.4 is 15.5 Å². The van der Waals surface area contributed by atoms with Gasteiger partial charge in [0.05, 0.1) is 11.0 Å². The molecule has 2 amide bonds. The number of aryl methyl sites for hydroxylation is 1. The van der Waals surface area contributed by atoms with Gasteiger partial charge >= 0.3 is 6.03 Å². The molecule has 1 aromatic heterocycles. The molecule has 0 bridgehead atoms. The molecule has 3 aromatic carbocycles. The lowest BCUT2D eigenvalue weighted by atomic mass is 10.2. The normalized spacial score (nSPS) is 14.3. The second kappa shape index (κ2) is 10.1. The van der Waals surface area contributed by atoms with Gasteiger partial charge in [0.25, 0.3) is 0 Å². The lowest BCUT2D eigenvalue weighted by Crippen LogP contribution is -2.47. The number of carbonyl (C=O) groups is 1. The van der Waals surface area contributed by atoms with Crippen molar-refractivity contribution in [2.45, 2.75) is 6.42 Å². The fourth-order valence-electron chi connectivity index (χ4n) is 4.51. The smallest absolute Gasteiger partial charge is 0.323 e. The molecule has 7 nitrogen and oxygen atoms in total. The summed E-state index contributed by atoms with van der Waals surface area (Å²) in [7, 11) is 2.03. The van der Waals surface area contributed by atoms with Crippen LogP contribution in [0.15, 0.2) is 72.8 Å². The fraction of sp³-hybridized carbons (Fsp3) is 0.259. The van der Waals surface area contributed by atoms with Gasteiger partial charge in [0.1, 0.15) is 11.6 Å². The Hall–Kier alpha value is -3.91. The van der Waals surface area contributed by atoms with E-state index in [1.165, 1.54) is 12.1 Å². The number of nitrogens with zero attached hydrogens (tertiary/aromatic N) is 4. The monoisotopic (exact) mass is 472 g/mol. The first-order valence-corrected chi connectivity index (χ1v) is 11.9. The molecule has 0 atom stereocenters. The lowest BCUT2D eigenvalue weighted by Gasteiger charge is -2.36. The molecule has 8 heteroatoms. The molecule has 4 aromatic rings. The van der Waals surface area contributed by atoms with Crippen molar-refractivity contribution in [3.8, 4) is 0 Å². The van der Waals surface area contributed by atoms with Crippen molar-refractivity contribution in [3.63, 3.8) is 0 Å². The zero-order valence-electron chi connectivity index (χ0n) is 19.7. The quantitative estimate of drug-likeness (QED) is 0.426. The highest BCUT2D eigenvalue weighted by Gasteiger charge is 2.18. The first-order valence-electron chi connectivity index (χ1n) is 11.9. The Balaban J connectivity index is 1.17. The number of rotatable bonds is 6. The van der Waals surface area contributed by atoms with E-state index in [9.17, 15) is 9.18 Å². The minimum atomic E-state index is -0.286. The predicted molar refractivity (Wildman–Crippen MR) is 139 cm³/mol. The molecule has 2 heterocycles. The second-order valence-corrected chi connectivity index (χ2v) is 8.79. The van der Waals surface area contributed by atoms with E-state index in [-0.39, 0.29) is 11.8 Å². The molecule has 180 valence electrons. The van der Waals surface area contributed by atoms with Crippen molar-refractivity contribution >= 4 is 34.1 Å². The summed E-state index contributed by atoms with van der Waals surface area (Å²) in [5, 5.41) is 5.71. The standard InChI is InChI=1S/C27H29FN6O/c1-32-25-12-9-22(30-27(35)29-21-5-3-2-4-6-21)19-24(25)31-26(32)13-14-33-15-17-34(18-16-33)23-10-7-20(28)8-11-23/h2-12,19H,13-18H2,1H3,(H2,29,30,35). The summed E-state index contributed by atoms with van der Waals surface area (Å²) in [6.45, 7) is 4.71. The molecule has 0 aliphatic carbocycles. The Morgan fingerprint density at radius 2 is 1.63 bits per heavy atom. The summed E-state index contributed by atoms with van der Waals surface area (Å²) >= 11 is 0. The van der Waals surface area contributed by atoms with Gasteiger partial charge in [-0.05, 0) is 54.6 Å². The summed E-state index contributed by atoms with van der Waals surface area (Å²) in [5.41, 5.74) is 4.41. The fourth-order valence-corrected chi connectivity index (χ4v) is 4.51. The number of nitrogens with one attached hydrogen (secondary N) is 2. The van der Waals surface area contributed by atoms with Crippen LogP contribution in [0.4, 0.5) is 26.2 Å². The number of halogens is 1. The van der Waals surface area contributed by atoms with Gasteiger partial charge in [-0.1, -0.05) is 18.2 Å². The number of aromatic nitrogens is 2. The lowest BCUT2D eigenvalue weighted by molar-refractivity contribution is 0.259. The Kier molecular flexibility index (Phi) is 6.63. The van der Waals surface area contributed by atoms with Crippen molar-refractivity contribution in [2.24, 2.45) is 7.05 Å². The summed E-state index contributed by atoms with van der Waals surface area (Å²) in [5.74, 6) is 0.819. The Bertz CT molecular complexity index is 1300. The summed E-state index contributed by atoms with van der Waals surface area (Å²) in [4.78, 5) is 21.9. The minimum absolute atomic E-state index is 0.201. The van der Waals surface area contributed by atoms with Crippen molar-refractivity contribution in [1.82, 2.24) is 14.5 Å². The highest BCUT2D eigenvalue weighted by molar-refractivity contribution is 6.00. The van der Waals surface area contributed by atoms with Crippen LogP contribution in [-0.4, -0.2) is 53.2 Å². The first kappa shape index (κ1) is 22.9. The van der Waals surface area contributed by atoms with Crippen molar-refractivity contribution in [2.75, 3.05) is 48.3 Å². The number of para-hydroxylation sites is 1. The molecular formula is C27H29FN6O. The number of fused-ring (bicyclic) bond motifs is 1. The number of hydrogen-bond acceptors (Lipinski definition) is 4.